The summed E-state index contributed by atoms with van der Waals surface area (Å²) in [5.74, 6) is -0.201. The van der Waals surface area contributed by atoms with Gasteiger partial charge in [0.25, 0.3) is 0 Å². The maximum Gasteiger partial charge on any atom is 0.123 e. The molecular formula is C22H23FS. The molecule has 0 amide bonds. The third-order valence-corrected chi connectivity index (χ3v) is 4.66. The van der Waals surface area contributed by atoms with Crippen LogP contribution < -0.4 is 0 Å². The summed E-state index contributed by atoms with van der Waals surface area (Å²) in [6, 6.07) is 13.4. The predicted molar refractivity (Wildman–Crippen MR) is 106 cm³/mol. The largest absolute Gasteiger partial charge is 0.207 e. The van der Waals surface area contributed by atoms with Gasteiger partial charge in [-0.1, -0.05) is 30.4 Å². The fourth-order valence-corrected chi connectivity index (χ4v) is 2.98. The van der Waals surface area contributed by atoms with Crippen LogP contribution in [-0.2, 0) is 0 Å². The molecule has 0 nitrogen and oxygen atoms in total. The van der Waals surface area contributed by atoms with Gasteiger partial charge in [-0.15, -0.1) is 18.3 Å². The lowest BCUT2D eigenvalue weighted by Gasteiger charge is -2.13. The number of hydrogen-bond donors (Lipinski definition) is 0. The van der Waals surface area contributed by atoms with Crippen LogP contribution in [0.3, 0.4) is 0 Å². The number of allylic oxidation sites excluding steroid dienone is 4. The second kappa shape index (κ2) is 8.70. The van der Waals surface area contributed by atoms with Crippen LogP contribution in [0.2, 0.25) is 0 Å². The lowest BCUT2D eigenvalue weighted by Crippen LogP contribution is -1.93. The van der Waals surface area contributed by atoms with Crippen molar-refractivity contribution in [1.29, 1.82) is 0 Å². The first-order valence-electron chi connectivity index (χ1n) is 7.95. The van der Waals surface area contributed by atoms with Crippen LogP contribution in [0.25, 0.3) is 11.6 Å². The summed E-state index contributed by atoms with van der Waals surface area (Å²) in [7, 11) is 0. The number of thioether (sulfide) groups is 1. The number of aryl methyl sites for hydroxylation is 1. The molecule has 2 heteroatoms. The van der Waals surface area contributed by atoms with E-state index >= 15 is 0 Å². The van der Waals surface area contributed by atoms with Crippen molar-refractivity contribution in [3.63, 3.8) is 0 Å². The van der Waals surface area contributed by atoms with Crippen LogP contribution in [0.5, 0.6) is 0 Å². The summed E-state index contributed by atoms with van der Waals surface area (Å²) in [6.07, 6.45) is 9.08. The Labute approximate surface area is 148 Å². The van der Waals surface area contributed by atoms with Gasteiger partial charge in [-0.3, -0.25) is 0 Å². The van der Waals surface area contributed by atoms with Crippen LogP contribution in [0, 0.1) is 12.7 Å². The smallest absolute Gasteiger partial charge is 0.123 e. The Morgan fingerprint density at radius 2 is 1.88 bits per heavy atom. The van der Waals surface area contributed by atoms with Crippen molar-refractivity contribution in [1.82, 2.24) is 0 Å². The van der Waals surface area contributed by atoms with Crippen LogP contribution >= 0.6 is 11.8 Å². The van der Waals surface area contributed by atoms with Crippen molar-refractivity contribution in [2.24, 2.45) is 0 Å². The highest BCUT2D eigenvalue weighted by Gasteiger charge is 2.08. The Morgan fingerprint density at radius 1 is 1.17 bits per heavy atom. The molecule has 0 heterocycles. The first kappa shape index (κ1) is 18.3. The molecule has 0 fully saturated rings. The first-order valence-corrected chi connectivity index (χ1v) is 9.18. The van der Waals surface area contributed by atoms with E-state index in [1.54, 1.807) is 17.8 Å². The Kier molecular flexibility index (Phi) is 6.62. The SMILES string of the molecule is C=CC/C=C(C)/C(=C/c1ccc(SC)cc1)c1ccc(F)cc1C. The number of rotatable bonds is 6. The first-order chi connectivity index (χ1) is 11.5. The van der Waals surface area contributed by atoms with Gasteiger partial charge in [-0.05, 0) is 84.7 Å². The summed E-state index contributed by atoms with van der Waals surface area (Å²) >= 11 is 1.73. The molecule has 0 radical (unpaired) electrons. The second-order valence-electron chi connectivity index (χ2n) is 5.70. The van der Waals surface area contributed by atoms with Crippen LogP contribution in [0.1, 0.15) is 30.0 Å². The summed E-state index contributed by atoms with van der Waals surface area (Å²) in [6.45, 7) is 7.82. The van der Waals surface area contributed by atoms with E-state index in [0.717, 1.165) is 28.7 Å². The molecule has 0 aromatic heterocycles. The fourth-order valence-electron chi connectivity index (χ4n) is 2.57. The van der Waals surface area contributed by atoms with Crippen LogP contribution in [0.4, 0.5) is 4.39 Å². The molecule has 2 aromatic rings. The molecule has 24 heavy (non-hydrogen) atoms. The molecule has 0 saturated carbocycles. The van der Waals surface area contributed by atoms with Gasteiger partial charge in [0.1, 0.15) is 5.82 Å². The van der Waals surface area contributed by atoms with Gasteiger partial charge >= 0.3 is 0 Å². The lowest BCUT2D eigenvalue weighted by atomic mass is 9.92. The average molecular weight is 338 g/mol. The fraction of sp³-hybridized carbons (Fsp3) is 0.182. The van der Waals surface area contributed by atoms with E-state index in [0.29, 0.717) is 0 Å². The molecule has 0 spiro atoms. The maximum absolute atomic E-state index is 13.5. The lowest BCUT2D eigenvalue weighted by molar-refractivity contribution is 0.626. The minimum absolute atomic E-state index is 0.201. The normalized spacial score (nSPS) is 12.3. The highest BCUT2D eigenvalue weighted by molar-refractivity contribution is 7.98. The van der Waals surface area contributed by atoms with E-state index in [2.05, 4.69) is 56.2 Å². The molecule has 2 rings (SSSR count). The molecule has 2 aromatic carbocycles. The Balaban J connectivity index is 2.52. The standard InChI is InChI=1S/C22H23FS/c1-5-6-7-16(2)22(21-13-10-19(23)14-17(21)3)15-18-8-11-20(24-4)12-9-18/h5,7-15H,1,6H2,2-4H3/b16-7+,22-15-. The van der Waals surface area contributed by atoms with Crippen molar-refractivity contribution in [3.8, 4) is 0 Å². The van der Waals surface area contributed by atoms with Gasteiger partial charge < -0.3 is 0 Å². The Morgan fingerprint density at radius 3 is 2.46 bits per heavy atom. The van der Waals surface area contributed by atoms with Gasteiger partial charge in [0.15, 0.2) is 0 Å². The van der Waals surface area contributed by atoms with Crippen molar-refractivity contribution >= 4 is 23.4 Å². The highest BCUT2D eigenvalue weighted by atomic mass is 32.2. The van der Waals surface area contributed by atoms with Crippen molar-refractivity contribution in [2.75, 3.05) is 6.26 Å². The third kappa shape index (κ3) is 4.72. The van der Waals surface area contributed by atoms with E-state index < -0.39 is 0 Å². The summed E-state index contributed by atoms with van der Waals surface area (Å²) in [5.41, 5.74) is 5.42. The van der Waals surface area contributed by atoms with Crippen molar-refractivity contribution < 1.29 is 4.39 Å². The molecule has 0 aliphatic heterocycles. The van der Waals surface area contributed by atoms with E-state index in [4.69, 9.17) is 0 Å². The molecule has 0 N–H and O–H groups in total. The molecule has 0 saturated heterocycles. The van der Waals surface area contributed by atoms with Gasteiger partial charge in [0.05, 0.1) is 0 Å². The van der Waals surface area contributed by atoms with Gasteiger partial charge in [-0.25, -0.2) is 4.39 Å². The van der Waals surface area contributed by atoms with Gasteiger partial charge in [0, 0.05) is 4.90 Å². The zero-order valence-corrected chi connectivity index (χ0v) is 15.3. The third-order valence-electron chi connectivity index (χ3n) is 3.92. The molecule has 0 bridgehead atoms. The maximum atomic E-state index is 13.5. The zero-order chi connectivity index (χ0) is 17.5. The minimum Gasteiger partial charge on any atom is -0.207 e. The van der Waals surface area contributed by atoms with Crippen molar-refractivity contribution in [3.05, 3.63) is 89.3 Å². The van der Waals surface area contributed by atoms with Gasteiger partial charge in [-0.2, -0.15) is 0 Å². The minimum atomic E-state index is -0.201. The number of halogens is 1. The predicted octanol–water partition coefficient (Wildman–Crippen LogP) is 6.92. The quantitative estimate of drug-likeness (QED) is 0.238. The molecule has 0 atom stereocenters. The van der Waals surface area contributed by atoms with Crippen LogP contribution in [0.15, 0.2) is 71.7 Å². The molecular weight excluding hydrogens is 315 g/mol. The number of benzene rings is 2. The summed E-state index contributed by atoms with van der Waals surface area (Å²) in [4.78, 5) is 1.24. The summed E-state index contributed by atoms with van der Waals surface area (Å²) < 4.78 is 13.5. The number of hydrogen-bond acceptors (Lipinski definition) is 1. The molecule has 0 aliphatic carbocycles. The Hall–Kier alpha value is -2.06. The topological polar surface area (TPSA) is 0 Å². The van der Waals surface area contributed by atoms with E-state index in [9.17, 15) is 4.39 Å². The molecule has 0 aliphatic rings. The monoisotopic (exact) mass is 338 g/mol. The van der Waals surface area contributed by atoms with Crippen LogP contribution in [-0.4, -0.2) is 6.26 Å². The second-order valence-corrected chi connectivity index (χ2v) is 6.58. The highest BCUT2D eigenvalue weighted by Crippen LogP contribution is 2.29. The van der Waals surface area contributed by atoms with E-state index in [1.807, 2.05) is 19.1 Å². The average Bonchev–Trinajstić information content (AvgIpc) is 2.58. The van der Waals surface area contributed by atoms with E-state index in [1.165, 1.54) is 16.5 Å². The van der Waals surface area contributed by atoms with Crippen molar-refractivity contribution in [2.45, 2.75) is 25.2 Å². The van der Waals surface area contributed by atoms with Gasteiger partial charge in [0.2, 0.25) is 0 Å². The van der Waals surface area contributed by atoms with E-state index in [-0.39, 0.29) is 5.82 Å². The molecule has 0 unspecified atom stereocenters. The Bertz CT molecular complexity index is 767. The summed E-state index contributed by atoms with van der Waals surface area (Å²) in [5, 5.41) is 0. The zero-order valence-electron chi connectivity index (χ0n) is 14.5. The molecule has 124 valence electrons.